The Labute approximate surface area is 208 Å². The van der Waals surface area contributed by atoms with E-state index >= 15 is 0 Å². The first kappa shape index (κ1) is 23.7. The van der Waals surface area contributed by atoms with E-state index in [1.165, 1.54) is 12.1 Å². The molecule has 9 heteroatoms. The van der Waals surface area contributed by atoms with E-state index in [9.17, 15) is 14.0 Å². The van der Waals surface area contributed by atoms with Gasteiger partial charge in [-0.15, -0.1) is 0 Å². The summed E-state index contributed by atoms with van der Waals surface area (Å²) in [6.07, 6.45) is 3.24. The molecule has 0 radical (unpaired) electrons. The Morgan fingerprint density at radius 3 is 2.50 bits per heavy atom. The zero-order valence-corrected chi connectivity index (χ0v) is 20.9. The molecule has 1 N–H and O–H groups in total. The van der Waals surface area contributed by atoms with Gasteiger partial charge in [-0.25, -0.2) is 9.37 Å². The second-order valence-electron chi connectivity index (χ2n) is 10.6. The summed E-state index contributed by atoms with van der Waals surface area (Å²) in [4.78, 5) is 34.8. The highest BCUT2D eigenvalue weighted by Gasteiger charge is 2.46. The van der Waals surface area contributed by atoms with E-state index in [4.69, 9.17) is 9.40 Å². The number of benzene rings is 1. The van der Waals surface area contributed by atoms with Crippen LogP contribution in [-0.4, -0.2) is 50.5 Å². The number of nitrogens with one attached hydrogen (secondary N) is 1. The molecule has 36 heavy (non-hydrogen) atoms. The van der Waals surface area contributed by atoms with Crippen LogP contribution in [-0.2, 0) is 10.2 Å². The number of pyridine rings is 1. The van der Waals surface area contributed by atoms with E-state index in [0.29, 0.717) is 35.6 Å². The van der Waals surface area contributed by atoms with Gasteiger partial charge >= 0.3 is 0 Å². The summed E-state index contributed by atoms with van der Waals surface area (Å²) >= 11 is 0. The van der Waals surface area contributed by atoms with Gasteiger partial charge in [0.25, 0.3) is 11.8 Å². The second kappa shape index (κ2) is 8.29. The number of halogens is 1. The normalized spacial score (nSPS) is 16.1. The molecule has 5 rings (SSSR count). The number of furan rings is 1. The topological polar surface area (TPSA) is 95.3 Å². The van der Waals surface area contributed by atoms with Crippen LogP contribution >= 0.6 is 0 Å². The smallest absolute Gasteiger partial charge is 0.290 e. The summed E-state index contributed by atoms with van der Waals surface area (Å²) in [5.74, 6) is -0.776. The van der Waals surface area contributed by atoms with Crippen molar-refractivity contribution in [2.45, 2.75) is 45.6 Å². The second-order valence-corrected chi connectivity index (χ2v) is 10.6. The highest BCUT2D eigenvalue weighted by Crippen LogP contribution is 2.36. The van der Waals surface area contributed by atoms with Gasteiger partial charge < -0.3 is 14.2 Å². The third-order valence-electron chi connectivity index (χ3n) is 6.67. The fraction of sp³-hybridized carbons (Fsp3) is 0.333. The van der Waals surface area contributed by atoms with Crippen LogP contribution in [0, 0.1) is 5.82 Å². The zero-order chi connectivity index (χ0) is 25.8. The maximum Gasteiger partial charge on any atom is 0.290 e. The number of piperazine rings is 1. The van der Waals surface area contributed by atoms with Gasteiger partial charge in [-0.1, -0.05) is 20.8 Å². The monoisotopic (exact) mass is 489 g/mol. The van der Waals surface area contributed by atoms with Crippen LogP contribution in [0.25, 0.3) is 22.4 Å². The van der Waals surface area contributed by atoms with Crippen molar-refractivity contribution in [3.8, 4) is 11.3 Å². The lowest BCUT2D eigenvalue weighted by Gasteiger charge is -2.45. The maximum atomic E-state index is 13.7. The molecule has 0 bridgehead atoms. The number of fused-ring (bicyclic) bond motifs is 1. The molecule has 0 spiro atoms. The summed E-state index contributed by atoms with van der Waals surface area (Å²) in [6, 6.07) is 9.69. The minimum absolute atomic E-state index is 0.122. The van der Waals surface area contributed by atoms with E-state index in [1.807, 2.05) is 6.07 Å². The molecule has 186 valence electrons. The molecule has 1 fully saturated rings. The largest absolute Gasteiger partial charge is 0.449 e. The van der Waals surface area contributed by atoms with Gasteiger partial charge in [-0.2, -0.15) is 5.10 Å². The first-order chi connectivity index (χ1) is 17.0. The van der Waals surface area contributed by atoms with E-state index in [2.05, 4.69) is 31.0 Å². The molecule has 2 amide bonds. The fourth-order valence-corrected chi connectivity index (χ4v) is 4.61. The van der Waals surface area contributed by atoms with Crippen molar-refractivity contribution < 1.29 is 18.4 Å². The van der Waals surface area contributed by atoms with Crippen molar-refractivity contribution in [2.24, 2.45) is 0 Å². The quantitative estimate of drug-likeness (QED) is 0.441. The Balaban J connectivity index is 1.53. The molecule has 1 aromatic carbocycles. The molecule has 0 aliphatic carbocycles. The van der Waals surface area contributed by atoms with E-state index < -0.39 is 5.54 Å². The van der Waals surface area contributed by atoms with Gasteiger partial charge in [-0.3, -0.25) is 14.7 Å². The number of aromatic amines is 1. The first-order valence-corrected chi connectivity index (χ1v) is 11.8. The van der Waals surface area contributed by atoms with E-state index in [0.717, 1.165) is 11.1 Å². The third kappa shape index (κ3) is 3.94. The van der Waals surface area contributed by atoms with Crippen molar-refractivity contribution in [2.75, 3.05) is 18.0 Å². The van der Waals surface area contributed by atoms with Crippen LogP contribution in [0.1, 0.15) is 50.7 Å². The Hall–Kier alpha value is -4.01. The Kier molecular flexibility index (Phi) is 5.46. The lowest BCUT2D eigenvalue weighted by atomic mass is 9.86. The molecule has 4 aromatic rings. The molecular formula is C27H28FN5O3. The molecule has 3 aromatic heterocycles. The average Bonchev–Trinajstić information content (AvgIpc) is 3.49. The van der Waals surface area contributed by atoms with Gasteiger partial charge in [0.1, 0.15) is 16.9 Å². The maximum absolute atomic E-state index is 13.7. The molecule has 0 atom stereocenters. The molecule has 0 saturated carbocycles. The number of carbonyl (C=O) groups excluding carboxylic acids is 2. The third-order valence-corrected chi connectivity index (χ3v) is 6.67. The van der Waals surface area contributed by atoms with Crippen LogP contribution in [0.5, 0.6) is 0 Å². The van der Waals surface area contributed by atoms with Crippen molar-refractivity contribution in [1.29, 1.82) is 0 Å². The predicted octanol–water partition coefficient (Wildman–Crippen LogP) is 4.92. The summed E-state index contributed by atoms with van der Waals surface area (Å²) < 4.78 is 19.6. The number of rotatable bonds is 3. The number of amides is 2. The number of hydrogen-bond acceptors (Lipinski definition) is 5. The number of hydrogen-bond donors (Lipinski definition) is 1. The van der Waals surface area contributed by atoms with Crippen LogP contribution in [0.3, 0.4) is 0 Å². The van der Waals surface area contributed by atoms with Crippen molar-refractivity contribution >= 4 is 28.6 Å². The summed E-state index contributed by atoms with van der Waals surface area (Å²) in [7, 11) is 0. The number of nitrogens with zero attached hydrogens (tertiary/aromatic N) is 4. The predicted molar refractivity (Wildman–Crippen MR) is 134 cm³/mol. The minimum atomic E-state index is -1.09. The van der Waals surface area contributed by atoms with Crippen molar-refractivity contribution in [3.05, 3.63) is 65.9 Å². The Morgan fingerprint density at radius 2 is 1.86 bits per heavy atom. The Bertz CT molecular complexity index is 1450. The number of H-pyrrole nitrogens is 1. The van der Waals surface area contributed by atoms with Gasteiger partial charge in [0, 0.05) is 36.5 Å². The lowest BCUT2D eigenvalue weighted by Crippen LogP contribution is -2.64. The van der Waals surface area contributed by atoms with Crippen LogP contribution in [0.2, 0.25) is 0 Å². The summed E-state index contributed by atoms with van der Waals surface area (Å²) in [5.41, 5.74) is 2.63. The highest BCUT2D eigenvalue weighted by atomic mass is 19.1. The van der Waals surface area contributed by atoms with E-state index in [-0.39, 0.29) is 28.8 Å². The minimum Gasteiger partial charge on any atom is -0.449 e. The number of aromatic nitrogens is 3. The SMILES string of the molecule is CC(C)(C)c1cc(-c2ccc(F)cc2)nc2cc(C(=O)N3CCN(c4cn[nH]c4)C(=O)C3(C)C)oc12. The van der Waals surface area contributed by atoms with Crippen LogP contribution in [0.4, 0.5) is 10.1 Å². The van der Waals surface area contributed by atoms with Crippen molar-refractivity contribution in [1.82, 2.24) is 20.1 Å². The van der Waals surface area contributed by atoms with Gasteiger partial charge in [-0.05, 0) is 49.6 Å². The number of anilines is 1. The Morgan fingerprint density at radius 1 is 1.14 bits per heavy atom. The number of carbonyl (C=O) groups is 2. The summed E-state index contributed by atoms with van der Waals surface area (Å²) in [5, 5.41) is 6.65. The first-order valence-electron chi connectivity index (χ1n) is 11.8. The highest BCUT2D eigenvalue weighted by molar-refractivity contribution is 6.05. The molecule has 1 saturated heterocycles. The molecule has 1 aliphatic rings. The zero-order valence-electron chi connectivity index (χ0n) is 20.9. The van der Waals surface area contributed by atoms with Gasteiger partial charge in [0.15, 0.2) is 11.3 Å². The molecule has 0 unspecified atom stereocenters. The molecule has 4 heterocycles. The fourth-order valence-electron chi connectivity index (χ4n) is 4.61. The van der Waals surface area contributed by atoms with Crippen LogP contribution in [0.15, 0.2) is 53.2 Å². The van der Waals surface area contributed by atoms with Gasteiger partial charge in [0.05, 0.1) is 17.6 Å². The molecule has 1 aliphatic heterocycles. The van der Waals surface area contributed by atoms with Crippen LogP contribution < -0.4 is 4.90 Å². The average molecular weight is 490 g/mol. The molecule has 8 nitrogen and oxygen atoms in total. The van der Waals surface area contributed by atoms with Crippen molar-refractivity contribution in [3.63, 3.8) is 0 Å². The molecular weight excluding hydrogens is 461 g/mol. The summed E-state index contributed by atoms with van der Waals surface area (Å²) in [6.45, 7) is 10.3. The van der Waals surface area contributed by atoms with Gasteiger partial charge in [0.2, 0.25) is 0 Å². The van der Waals surface area contributed by atoms with E-state index in [1.54, 1.807) is 54.2 Å². The standard InChI is InChI=1S/C27H28FN5O3/c1-26(2,3)19-12-20(16-6-8-17(28)9-7-16)31-21-13-22(36-23(19)21)24(34)33-11-10-32(18-14-29-30-15-18)25(35)27(33,4)5/h6-9,12-15H,10-11H2,1-5H3,(H,29,30). The lowest BCUT2D eigenvalue weighted by molar-refractivity contribution is -0.129.